The molecular weight excluding hydrogens is 340 g/mol. The molecule has 0 spiro atoms. The van der Waals surface area contributed by atoms with Crippen LogP contribution in [0.5, 0.6) is 5.75 Å². The predicted molar refractivity (Wildman–Crippen MR) is 111 cm³/mol. The van der Waals surface area contributed by atoms with Gasteiger partial charge in [-0.2, -0.15) is 0 Å². The number of nitrogens with zero attached hydrogens (tertiary/aromatic N) is 3. The van der Waals surface area contributed by atoms with Gasteiger partial charge < -0.3 is 24.8 Å². The van der Waals surface area contributed by atoms with Gasteiger partial charge in [0, 0.05) is 51.6 Å². The molecule has 1 fully saturated rings. The lowest BCUT2D eigenvalue weighted by Gasteiger charge is -2.36. The largest absolute Gasteiger partial charge is 0.495 e. The van der Waals surface area contributed by atoms with Crippen LogP contribution in [0.4, 0.5) is 21.9 Å². The molecule has 0 aliphatic carbocycles. The molecule has 2 amide bonds. The topological polar surface area (TPSA) is 48.1 Å². The summed E-state index contributed by atoms with van der Waals surface area (Å²) in [4.78, 5) is 18.9. The summed E-state index contributed by atoms with van der Waals surface area (Å²) in [7, 11) is 5.69. The Hall–Kier alpha value is -2.89. The number of urea groups is 1. The van der Waals surface area contributed by atoms with Crippen molar-refractivity contribution in [1.82, 2.24) is 4.90 Å². The summed E-state index contributed by atoms with van der Waals surface area (Å²) in [6.45, 7) is 5.01. The van der Waals surface area contributed by atoms with Gasteiger partial charge in [0.15, 0.2) is 0 Å². The maximum Gasteiger partial charge on any atom is 0.322 e. The number of piperazine rings is 1. The minimum absolute atomic E-state index is 0.0819. The van der Waals surface area contributed by atoms with Crippen molar-refractivity contribution in [2.24, 2.45) is 0 Å². The SMILES string of the molecule is COc1ccc(C)cc1NC(=O)N1CCN(c2ccc(N(C)C)cc2)CC1. The van der Waals surface area contributed by atoms with Gasteiger partial charge in [-0.3, -0.25) is 0 Å². The molecule has 0 aromatic heterocycles. The molecule has 0 atom stereocenters. The summed E-state index contributed by atoms with van der Waals surface area (Å²) in [5.41, 5.74) is 4.17. The fourth-order valence-electron chi connectivity index (χ4n) is 3.24. The maximum atomic E-state index is 12.6. The van der Waals surface area contributed by atoms with Crippen LogP contribution in [0, 0.1) is 6.92 Å². The molecule has 144 valence electrons. The zero-order chi connectivity index (χ0) is 19.4. The van der Waals surface area contributed by atoms with Gasteiger partial charge in [-0.15, -0.1) is 0 Å². The highest BCUT2D eigenvalue weighted by Crippen LogP contribution is 2.26. The highest BCUT2D eigenvalue weighted by molar-refractivity contribution is 5.91. The van der Waals surface area contributed by atoms with E-state index in [1.165, 1.54) is 11.4 Å². The monoisotopic (exact) mass is 368 g/mol. The van der Waals surface area contributed by atoms with E-state index in [1.807, 2.05) is 44.1 Å². The molecule has 3 rings (SSSR count). The molecule has 0 bridgehead atoms. The first kappa shape index (κ1) is 18.9. The highest BCUT2D eigenvalue weighted by atomic mass is 16.5. The Balaban J connectivity index is 1.59. The number of hydrogen-bond donors (Lipinski definition) is 1. The van der Waals surface area contributed by atoms with E-state index in [0.29, 0.717) is 24.5 Å². The average molecular weight is 368 g/mol. The van der Waals surface area contributed by atoms with Crippen molar-refractivity contribution in [2.75, 3.05) is 62.5 Å². The number of carbonyl (C=O) groups is 1. The summed E-state index contributed by atoms with van der Waals surface area (Å²) in [5.74, 6) is 0.675. The van der Waals surface area contributed by atoms with Gasteiger partial charge in [0.1, 0.15) is 5.75 Å². The summed E-state index contributed by atoms with van der Waals surface area (Å²) in [5, 5.41) is 2.98. The van der Waals surface area contributed by atoms with E-state index in [0.717, 1.165) is 18.7 Å². The molecule has 1 saturated heterocycles. The van der Waals surface area contributed by atoms with E-state index in [2.05, 4.69) is 39.4 Å². The lowest BCUT2D eigenvalue weighted by atomic mass is 10.2. The Morgan fingerprint density at radius 3 is 2.30 bits per heavy atom. The normalized spacial score (nSPS) is 14.1. The third kappa shape index (κ3) is 4.45. The summed E-state index contributed by atoms with van der Waals surface area (Å²) >= 11 is 0. The first-order valence-corrected chi connectivity index (χ1v) is 9.21. The third-order valence-corrected chi connectivity index (χ3v) is 4.89. The lowest BCUT2D eigenvalue weighted by molar-refractivity contribution is 0.208. The molecule has 0 unspecified atom stereocenters. The Bertz CT molecular complexity index is 781. The maximum absolute atomic E-state index is 12.6. The van der Waals surface area contributed by atoms with E-state index in [9.17, 15) is 4.79 Å². The smallest absolute Gasteiger partial charge is 0.322 e. The third-order valence-electron chi connectivity index (χ3n) is 4.89. The minimum atomic E-state index is -0.0819. The molecule has 1 N–H and O–H groups in total. The van der Waals surface area contributed by atoms with Crippen LogP contribution >= 0.6 is 0 Å². The lowest BCUT2D eigenvalue weighted by Crippen LogP contribution is -2.50. The second-order valence-electron chi connectivity index (χ2n) is 7.02. The zero-order valence-corrected chi connectivity index (χ0v) is 16.5. The Morgan fingerprint density at radius 1 is 1.04 bits per heavy atom. The molecule has 1 aliphatic heterocycles. The fourth-order valence-corrected chi connectivity index (χ4v) is 3.24. The van der Waals surface area contributed by atoms with Crippen LogP contribution in [-0.4, -0.2) is 58.3 Å². The van der Waals surface area contributed by atoms with Crippen molar-refractivity contribution in [3.05, 3.63) is 48.0 Å². The number of benzene rings is 2. The van der Waals surface area contributed by atoms with Crippen molar-refractivity contribution in [3.63, 3.8) is 0 Å². The number of nitrogens with one attached hydrogen (secondary N) is 1. The second kappa shape index (κ2) is 8.20. The van der Waals surface area contributed by atoms with Gasteiger partial charge in [-0.1, -0.05) is 6.07 Å². The van der Waals surface area contributed by atoms with Gasteiger partial charge >= 0.3 is 6.03 Å². The molecule has 6 heteroatoms. The number of methoxy groups -OCH3 is 1. The Labute approximate surface area is 161 Å². The molecule has 6 nitrogen and oxygen atoms in total. The molecule has 27 heavy (non-hydrogen) atoms. The van der Waals surface area contributed by atoms with Crippen LogP contribution in [0.3, 0.4) is 0 Å². The van der Waals surface area contributed by atoms with Crippen LogP contribution in [0.1, 0.15) is 5.56 Å². The van der Waals surface area contributed by atoms with Gasteiger partial charge in [-0.25, -0.2) is 4.79 Å². The van der Waals surface area contributed by atoms with Crippen molar-refractivity contribution < 1.29 is 9.53 Å². The fraction of sp³-hybridized carbons (Fsp3) is 0.381. The molecule has 2 aromatic carbocycles. The van der Waals surface area contributed by atoms with Crippen molar-refractivity contribution in [2.45, 2.75) is 6.92 Å². The predicted octanol–water partition coefficient (Wildman–Crippen LogP) is 3.42. The minimum Gasteiger partial charge on any atom is -0.495 e. The summed E-state index contributed by atoms with van der Waals surface area (Å²) in [6.07, 6.45) is 0. The molecule has 2 aromatic rings. The first-order chi connectivity index (χ1) is 13.0. The molecule has 0 radical (unpaired) electrons. The molecule has 1 aliphatic rings. The number of amides is 2. The standard InChI is InChI=1S/C21H28N4O2/c1-16-5-10-20(27-4)19(15-16)22-21(26)25-13-11-24(12-14-25)18-8-6-17(7-9-18)23(2)3/h5-10,15H,11-14H2,1-4H3,(H,22,26). The number of carbonyl (C=O) groups excluding carboxylic acids is 1. The Kier molecular flexibility index (Phi) is 5.74. The van der Waals surface area contributed by atoms with Gasteiger partial charge in [0.2, 0.25) is 0 Å². The summed E-state index contributed by atoms with van der Waals surface area (Å²) in [6, 6.07) is 14.2. The molecular formula is C21H28N4O2. The molecule has 1 heterocycles. The van der Waals surface area contributed by atoms with Crippen LogP contribution in [0.2, 0.25) is 0 Å². The van der Waals surface area contributed by atoms with Crippen molar-refractivity contribution in [3.8, 4) is 5.75 Å². The second-order valence-corrected chi connectivity index (χ2v) is 7.02. The first-order valence-electron chi connectivity index (χ1n) is 9.21. The van der Waals surface area contributed by atoms with Crippen LogP contribution in [-0.2, 0) is 0 Å². The zero-order valence-electron chi connectivity index (χ0n) is 16.5. The van der Waals surface area contributed by atoms with Crippen LogP contribution in [0.25, 0.3) is 0 Å². The number of hydrogen-bond acceptors (Lipinski definition) is 4. The van der Waals surface area contributed by atoms with E-state index >= 15 is 0 Å². The van der Waals surface area contributed by atoms with E-state index in [1.54, 1.807) is 7.11 Å². The van der Waals surface area contributed by atoms with Gasteiger partial charge in [0.25, 0.3) is 0 Å². The molecule has 0 saturated carbocycles. The number of rotatable bonds is 4. The van der Waals surface area contributed by atoms with Gasteiger partial charge in [-0.05, 0) is 48.9 Å². The van der Waals surface area contributed by atoms with E-state index in [4.69, 9.17) is 4.74 Å². The number of anilines is 3. The van der Waals surface area contributed by atoms with Crippen molar-refractivity contribution >= 4 is 23.1 Å². The van der Waals surface area contributed by atoms with Gasteiger partial charge in [0.05, 0.1) is 12.8 Å². The highest BCUT2D eigenvalue weighted by Gasteiger charge is 2.22. The van der Waals surface area contributed by atoms with E-state index in [-0.39, 0.29) is 6.03 Å². The quantitative estimate of drug-likeness (QED) is 0.898. The van der Waals surface area contributed by atoms with E-state index < -0.39 is 0 Å². The van der Waals surface area contributed by atoms with Crippen LogP contribution < -0.4 is 19.9 Å². The van der Waals surface area contributed by atoms with Crippen LogP contribution in [0.15, 0.2) is 42.5 Å². The van der Waals surface area contributed by atoms with Crippen molar-refractivity contribution in [1.29, 1.82) is 0 Å². The number of aryl methyl sites for hydroxylation is 1. The number of ether oxygens (including phenoxy) is 1. The average Bonchev–Trinajstić information content (AvgIpc) is 2.68. The Morgan fingerprint density at radius 2 is 1.70 bits per heavy atom. The summed E-state index contributed by atoms with van der Waals surface area (Å²) < 4.78 is 5.34.